The van der Waals surface area contributed by atoms with Crippen molar-refractivity contribution in [3.8, 4) is 0 Å². The van der Waals surface area contributed by atoms with E-state index in [4.69, 9.17) is 14.2 Å². The maximum atomic E-state index is 14.8. The van der Waals surface area contributed by atoms with E-state index in [1.54, 1.807) is 11.0 Å². The van der Waals surface area contributed by atoms with Crippen LogP contribution in [0, 0.1) is 17.8 Å². The third-order valence-corrected chi connectivity index (χ3v) is 10.9. The standard InChI is InChI=1S/C36H48BrN3O8/c1-5-7-17-39-18-13-9-12-16-27(42)38-25(21-46-4)30(23-14-10-8-11-15-23)47-35(45)28-29-33(43)40(26(20-41)22(3)6-2)32(34(39)44)36(29)19-24(37)31(28)48-36/h8-11,13-15,19,22,25-26,28-32,41H,5-7,12,16-18,20-21H2,1-4H3,(H,38,42)/b13-9-/t22-,25-,26-,28+,29-,30-,31+,32+,36-/m0/s1. The Morgan fingerprint density at radius 1 is 1.10 bits per heavy atom. The highest BCUT2D eigenvalue weighted by Crippen LogP contribution is 2.59. The average Bonchev–Trinajstić information content (AvgIpc) is 3.68. The Morgan fingerprint density at radius 3 is 2.52 bits per heavy atom. The van der Waals surface area contributed by atoms with E-state index in [0.717, 1.165) is 12.8 Å². The highest BCUT2D eigenvalue weighted by atomic mass is 79.9. The molecule has 9 atom stereocenters. The van der Waals surface area contributed by atoms with Crippen LogP contribution in [0.15, 0.2) is 53.0 Å². The number of likely N-dealkylation sites (tertiary alicyclic amines) is 1. The number of benzene rings is 1. The molecule has 1 aromatic rings. The normalized spacial score (nSPS) is 32.8. The monoisotopic (exact) mass is 729 g/mol. The van der Waals surface area contributed by atoms with E-state index in [2.05, 4.69) is 21.2 Å². The first kappa shape index (κ1) is 36.2. The fourth-order valence-corrected chi connectivity index (χ4v) is 8.35. The van der Waals surface area contributed by atoms with Gasteiger partial charge in [-0.15, -0.1) is 0 Å². The predicted octanol–water partition coefficient (Wildman–Crippen LogP) is 3.66. The van der Waals surface area contributed by atoms with Gasteiger partial charge in [0.15, 0.2) is 0 Å². The molecule has 262 valence electrons. The molecule has 1 spiro atoms. The largest absolute Gasteiger partial charge is 0.455 e. The summed E-state index contributed by atoms with van der Waals surface area (Å²) in [5.41, 5.74) is -0.803. The molecule has 1 aromatic carbocycles. The van der Waals surface area contributed by atoms with Crippen molar-refractivity contribution in [1.29, 1.82) is 0 Å². The number of rotatable bonds is 10. The van der Waals surface area contributed by atoms with Gasteiger partial charge < -0.3 is 34.4 Å². The van der Waals surface area contributed by atoms with Crippen LogP contribution in [-0.2, 0) is 33.4 Å². The zero-order chi connectivity index (χ0) is 34.6. The quantitative estimate of drug-likeness (QED) is 0.276. The average molecular weight is 731 g/mol. The van der Waals surface area contributed by atoms with Crippen LogP contribution < -0.4 is 5.32 Å². The lowest BCUT2D eigenvalue weighted by Gasteiger charge is -2.40. The number of aliphatic hydroxyl groups excluding tert-OH is 1. The summed E-state index contributed by atoms with van der Waals surface area (Å²) in [6.45, 7) is 6.41. The van der Waals surface area contributed by atoms with Crippen molar-refractivity contribution < 1.29 is 38.5 Å². The summed E-state index contributed by atoms with van der Waals surface area (Å²) in [5.74, 6) is -3.92. The number of halogens is 1. The first-order chi connectivity index (χ1) is 23.1. The maximum Gasteiger partial charge on any atom is 0.313 e. The third-order valence-electron chi connectivity index (χ3n) is 10.3. The molecule has 11 nitrogen and oxygen atoms in total. The number of aliphatic hydroxyl groups is 1. The highest BCUT2D eigenvalue weighted by Gasteiger charge is 2.75. The number of carbonyl (C=O) groups is 4. The summed E-state index contributed by atoms with van der Waals surface area (Å²) in [7, 11) is 1.51. The van der Waals surface area contributed by atoms with Gasteiger partial charge in [-0.3, -0.25) is 19.2 Å². The van der Waals surface area contributed by atoms with Gasteiger partial charge in [0, 0.05) is 31.1 Å². The van der Waals surface area contributed by atoms with E-state index in [0.29, 0.717) is 29.4 Å². The van der Waals surface area contributed by atoms with Crippen molar-refractivity contribution in [3.05, 3.63) is 58.6 Å². The number of allylic oxidation sites excluding steroid dienone is 1. The van der Waals surface area contributed by atoms with Crippen molar-refractivity contribution in [3.63, 3.8) is 0 Å². The first-order valence-corrected chi connectivity index (χ1v) is 17.9. The zero-order valence-electron chi connectivity index (χ0n) is 28.2. The number of unbranched alkanes of at least 4 members (excludes halogenated alkanes) is 1. The molecule has 4 aliphatic rings. The minimum Gasteiger partial charge on any atom is -0.455 e. The van der Waals surface area contributed by atoms with Gasteiger partial charge in [0.25, 0.3) is 0 Å². The number of esters is 1. The van der Waals surface area contributed by atoms with Crippen LogP contribution >= 0.6 is 15.9 Å². The Morgan fingerprint density at radius 2 is 1.85 bits per heavy atom. The van der Waals surface area contributed by atoms with Crippen LogP contribution in [0.5, 0.6) is 0 Å². The number of hydrogen-bond donors (Lipinski definition) is 2. The summed E-state index contributed by atoms with van der Waals surface area (Å²) >= 11 is 3.61. The zero-order valence-corrected chi connectivity index (χ0v) is 29.8. The van der Waals surface area contributed by atoms with Crippen LogP contribution in [0.4, 0.5) is 0 Å². The third kappa shape index (κ3) is 6.73. The van der Waals surface area contributed by atoms with Gasteiger partial charge in [0.05, 0.1) is 31.2 Å². The van der Waals surface area contributed by atoms with E-state index < -0.39 is 59.6 Å². The molecule has 12 heteroatoms. The van der Waals surface area contributed by atoms with Crippen molar-refractivity contribution in [1.82, 2.24) is 15.1 Å². The van der Waals surface area contributed by atoms with Gasteiger partial charge in [-0.05, 0) is 30.4 Å². The Kier molecular flexibility index (Phi) is 11.8. The molecule has 3 amide bonds. The van der Waals surface area contributed by atoms with Gasteiger partial charge in [-0.1, -0.05) is 92.0 Å². The Bertz CT molecular complexity index is 1400. The fourth-order valence-electron chi connectivity index (χ4n) is 7.62. The molecule has 4 aliphatic heterocycles. The molecule has 0 radical (unpaired) electrons. The van der Waals surface area contributed by atoms with Crippen molar-refractivity contribution >= 4 is 39.6 Å². The summed E-state index contributed by atoms with van der Waals surface area (Å²) in [5, 5.41) is 13.7. The van der Waals surface area contributed by atoms with Crippen LogP contribution in [0.1, 0.15) is 64.5 Å². The van der Waals surface area contributed by atoms with Gasteiger partial charge >= 0.3 is 5.97 Å². The molecule has 5 rings (SSSR count). The second-order valence-corrected chi connectivity index (χ2v) is 14.2. The molecule has 48 heavy (non-hydrogen) atoms. The molecule has 2 N–H and O–H groups in total. The Labute approximate surface area is 291 Å². The molecule has 0 aromatic heterocycles. The summed E-state index contributed by atoms with van der Waals surface area (Å²) in [6.07, 6.45) is 6.62. The highest BCUT2D eigenvalue weighted by molar-refractivity contribution is 9.11. The lowest BCUT2D eigenvalue weighted by Crippen LogP contribution is -2.59. The van der Waals surface area contributed by atoms with E-state index in [1.165, 1.54) is 12.0 Å². The molecular formula is C36H48BrN3O8. The number of cyclic esters (lactones) is 1. The maximum absolute atomic E-state index is 14.8. The molecule has 5 bridgehead atoms. The number of fused-ring (bicyclic) bond motifs is 2. The molecule has 2 saturated heterocycles. The minimum atomic E-state index is -1.45. The van der Waals surface area contributed by atoms with E-state index in [-0.39, 0.29) is 43.9 Å². The van der Waals surface area contributed by atoms with Gasteiger partial charge in [0.1, 0.15) is 29.8 Å². The number of methoxy groups -OCH3 is 1. The number of nitrogens with one attached hydrogen (secondary N) is 1. The van der Waals surface area contributed by atoms with Crippen LogP contribution in [0.2, 0.25) is 0 Å². The Hall–Kier alpha value is -3.06. The molecule has 0 unspecified atom stereocenters. The van der Waals surface area contributed by atoms with Gasteiger partial charge in [0.2, 0.25) is 17.7 Å². The van der Waals surface area contributed by atoms with E-state index in [9.17, 15) is 24.3 Å². The van der Waals surface area contributed by atoms with Crippen LogP contribution in [-0.4, -0.2) is 102 Å². The fraction of sp³-hybridized carbons (Fsp3) is 0.611. The van der Waals surface area contributed by atoms with E-state index >= 15 is 0 Å². The summed E-state index contributed by atoms with van der Waals surface area (Å²) in [6, 6.07) is 6.61. The molecule has 0 aliphatic carbocycles. The van der Waals surface area contributed by atoms with Crippen molar-refractivity contribution in [2.75, 3.05) is 33.4 Å². The minimum absolute atomic E-state index is 0.0682. The molecule has 2 fully saturated rings. The van der Waals surface area contributed by atoms with Gasteiger partial charge in [-0.2, -0.15) is 0 Å². The van der Waals surface area contributed by atoms with E-state index in [1.807, 2.05) is 63.3 Å². The molecule has 0 saturated carbocycles. The SMILES string of the molecule is CCCCN1C/C=C\CCC(=O)N[C@@H](COC)[C@H](c2ccccc2)OC(=O)[C@H]2[C@@H]3O[C@@]4(C=C3Br)[C@@H]2C(=O)N([C@@H](CO)[C@@H](C)CC)[C@@H]4C1=O. The summed E-state index contributed by atoms with van der Waals surface area (Å²) < 4.78 is 19.0. The second kappa shape index (κ2) is 15.7. The predicted molar refractivity (Wildman–Crippen MR) is 182 cm³/mol. The topological polar surface area (TPSA) is 135 Å². The van der Waals surface area contributed by atoms with Gasteiger partial charge in [-0.25, -0.2) is 0 Å². The number of nitrogens with zero attached hydrogens (tertiary/aromatic N) is 2. The first-order valence-electron chi connectivity index (χ1n) is 17.1. The van der Waals surface area contributed by atoms with Crippen molar-refractivity contribution in [2.24, 2.45) is 17.8 Å². The molecular weight excluding hydrogens is 682 g/mol. The van der Waals surface area contributed by atoms with Crippen LogP contribution in [0.25, 0.3) is 0 Å². The van der Waals surface area contributed by atoms with Crippen molar-refractivity contribution in [2.45, 2.75) is 88.8 Å². The lowest BCUT2D eigenvalue weighted by molar-refractivity contribution is -0.163. The number of carbonyl (C=O) groups excluding carboxylic acids is 4. The molecule has 4 heterocycles. The lowest BCUT2D eigenvalue weighted by atomic mass is 9.74. The van der Waals surface area contributed by atoms with Crippen LogP contribution in [0.3, 0.4) is 0 Å². The number of hydrogen-bond acceptors (Lipinski definition) is 8. The number of ether oxygens (including phenoxy) is 3. The summed E-state index contributed by atoms with van der Waals surface area (Å²) in [4.78, 5) is 60.4. The second-order valence-electron chi connectivity index (χ2n) is 13.3. The number of amides is 3. The smallest absolute Gasteiger partial charge is 0.313 e. The Balaban J connectivity index is 1.65.